The molecule has 1 rings (SSSR count). The first kappa shape index (κ1) is 10.0. The number of amidine groups is 1. The highest BCUT2D eigenvalue weighted by atomic mass is 16.1. The summed E-state index contributed by atoms with van der Waals surface area (Å²) >= 11 is 0. The van der Waals surface area contributed by atoms with Gasteiger partial charge in [0.2, 0.25) is 5.91 Å². The average molecular weight is 183 g/mol. The maximum absolute atomic E-state index is 11.1. The molecule has 0 unspecified atom stereocenters. The molecular weight excluding hydrogens is 166 g/mol. The van der Waals surface area contributed by atoms with Crippen molar-refractivity contribution in [2.75, 3.05) is 19.6 Å². The van der Waals surface area contributed by atoms with Crippen molar-refractivity contribution in [2.24, 2.45) is 4.99 Å². The van der Waals surface area contributed by atoms with Crippen LogP contribution < -0.4 is 10.6 Å². The van der Waals surface area contributed by atoms with Crippen LogP contribution in [0.25, 0.3) is 0 Å². The lowest BCUT2D eigenvalue weighted by molar-refractivity contribution is -0.119. The first-order valence-electron chi connectivity index (χ1n) is 4.87. The molecule has 13 heavy (non-hydrogen) atoms. The molecule has 1 amide bonds. The van der Waals surface area contributed by atoms with Crippen LogP contribution in [-0.4, -0.2) is 31.4 Å². The Morgan fingerprint density at radius 3 is 3.00 bits per heavy atom. The number of likely N-dealkylation sites (N-methyl/N-ethyl adjacent to an activating group) is 1. The van der Waals surface area contributed by atoms with Crippen LogP contribution in [0.15, 0.2) is 4.99 Å². The van der Waals surface area contributed by atoms with Gasteiger partial charge in [-0.2, -0.15) is 0 Å². The second-order valence-electron chi connectivity index (χ2n) is 3.09. The van der Waals surface area contributed by atoms with Crippen LogP contribution in [0.3, 0.4) is 0 Å². The van der Waals surface area contributed by atoms with Gasteiger partial charge in [0, 0.05) is 19.5 Å². The Labute approximate surface area is 78.8 Å². The molecule has 0 saturated carbocycles. The summed E-state index contributed by atoms with van der Waals surface area (Å²) < 4.78 is 0. The number of rotatable bonds is 3. The maximum atomic E-state index is 11.1. The lowest BCUT2D eigenvalue weighted by Crippen LogP contribution is -2.37. The van der Waals surface area contributed by atoms with Gasteiger partial charge >= 0.3 is 0 Å². The van der Waals surface area contributed by atoms with Gasteiger partial charge in [-0.15, -0.1) is 0 Å². The van der Waals surface area contributed by atoms with Crippen LogP contribution in [0.4, 0.5) is 0 Å². The first-order valence-corrected chi connectivity index (χ1v) is 4.87. The van der Waals surface area contributed by atoms with Crippen molar-refractivity contribution < 1.29 is 4.79 Å². The van der Waals surface area contributed by atoms with E-state index in [0.717, 1.165) is 18.8 Å². The Bertz CT molecular complexity index is 201. The molecule has 0 aromatic heterocycles. The number of hydrogen-bond acceptors (Lipinski definition) is 3. The topological polar surface area (TPSA) is 53.5 Å². The molecule has 1 aliphatic heterocycles. The fourth-order valence-electron chi connectivity index (χ4n) is 1.28. The molecule has 0 aromatic carbocycles. The van der Waals surface area contributed by atoms with Gasteiger partial charge in [-0.1, -0.05) is 0 Å². The van der Waals surface area contributed by atoms with Gasteiger partial charge in [0.15, 0.2) is 0 Å². The molecule has 0 aromatic rings. The van der Waals surface area contributed by atoms with E-state index in [1.54, 1.807) is 0 Å². The highest BCUT2D eigenvalue weighted by molar-refractivity contribution is 5.87. The van der Waals surface area contributed by atoms with Crippen molar-refractivity contribution in [1.82, 2.24) is 10.6 Å². The Kier molecular flexibility index (Phi) is 4.29. The van der Waals surface area contributed by atoms with Gasteiger partial charge in [-0.25, -0.2) is 0 Å². The highest BCUT2D eigenvalue weighted by Gasteiger charge is 2.05. The molecule has 0 aliphatic carbocycles. The molecule has 4 heteroatoms. The van der Waals surface area contributed by atoms with Crippen molar-refractivity contribution >= 4 is 11.7 Å². The molecule has 0 bridgehead atoms. The zero-order valence-electron chi connectivity index (χ0n) is 8.10. The summed E-state index contributed by atoms with van der Waals surface area (Å²) in [7, 11) is 0. The van der Waals surface area contributed by atoms with Crippen molar-refractivity contribution in [1.29, 1.82) is 0 Å². The van der Waals surface area contributed by atoms with E-state index < -0.39 is 0 Å². The van der Waals surface area contributed by atoms with Crippen LogP contribution in [0.5, 0.6) is 0 Å². The smallest absolute Gasteiger partial charge is 0.239 e. The van der Waals surface area contributed by atoms with Gasteiger partial charge in [0.05, 0.1) is 12.4 Å². The Morgan fingerprint density at radius 2 is 2.38 bits per heavy atom. The largest absolute Gasteiger partial charge is 0.365 e. The minimum absolute atomic E-state index is 0.0378. The molecule has 2 N–H and O–H groups in total. The monoisotopic (exact) mass is 183 g/mol. The normalized spacial score (nSPS) is 16.2. The quantitative estimate of drug-likeness (QED) is 0.661. The number of nitrogens with zero attached hydrogens (tertiary/aromatic N) is 1. The fourth-order valence-corrected chi connectivity index (χ4v) is 1.28. The lowest BCUT2D eigenvalue weighted by atomic mass is 10.2. The van der Waals surface area contributed by atoms with Crippen molar-refractivity contribution in [3.8, 4) is 0 Å². The predicted molar refractivity (Wildman–Crippen MR) is 52.8 cm³/mol. The lowest BCUT2D eigenvalue weighted by Gasteiger charge is -2.13. The van der Waals surface area contributed by atoms with Gasteiger partial charge in [0.1, 0.15) is 0 Å². The first-order chi connectivity index (χ1) is 6.33. The van der Waals surface area contributed by atoms with E-state index in [2.05, 4.69) is 15.6 Å². The van der Waals surface area contributed by atoms with E-state index >= 15 is 0 Å². The molecule has 74 valence electrons. The van der Waals surface area contributed by atoms with E-state index in [-0.39, 0.29) is 5.91 Å². The summed E-state index contributed by atoms with van der Waals surface area (Å²) in [6.07, 6.45) is 3.34. The maximum Gasteiger partial charge on any atom is 0.239 e. The summed E-state index contributed by atoms with van der Waals surface area (Å²) in [6, 6.07) is 0. The molecule has 0 fully saturated rings. The van der Waals surface area contributed by atoms with Crippen molar-refractivity contribution in [2.45, 2.75) is 26.2 Å². The van der Waals surface area contributed by atoms with Gasteiger partial charge in [-0.05, 0) is 19.8 Å². The van der Waals surface area contributed by atoms with Crippen molar-refractivity contribution in [3.63, 3.8) is 0 Å². The van der Waals surface area contributed by atoms with Gasteiger partial charge in [0.25, 0.3) is 0 Å². The summed E-state index contributed by atoms with van der Waals surface area (Å²) in [6.45, 7) is 3.85. The average Bonchev–Trinajstić information content (AvgIpc) is 2.17. The second-order valence-corrected chi connectivity index (χ2v) is 3.09. The van der Waals surface area contributed by atoms with Crippen LogP contribution in [-0.2, 0) is 4.79 Å². The molecule has 1 heterocycles. The van der Waals surface area contributed by atoms with E-state index in [1.165, 1.54) is 12.8 Å². The number of nitrogens with one attached hydrogen (secondary N) is 2. The number of amides is 1. The van der Waals surface area contributed by atoms with Crippen LogP contribution in [0.1, 0.15) is 26.2 Å². The fraction of sp³-hybridized carbons (Fsp3) is 0.778. The molecule has 0 spiro atoms. The minimum Gasteiger partial charge on any atom is -0.365 e. The van der Waals surface area contributed by atoms with E-state index in [9.17, 15) is 4.79 Å². The minimum atomic E-state index is 0.0378. The van der Waals surface area contributed by atoms with E-state index in [4.69, 9.17) is 0 Å². The number of aliphatic imine (C=N–C) groups is 1. The van der Waals surface area contributed by atoms with Gasteiger partial charge in [-0.3, -0.25) is 9.79 Å². The summed E-state index contributed by atoms with van der Waals surface area (Å²) in [5.41, 5.74) is 0. The molecule has 0 atom stereocenters. The number of hydrogen-bond donors (Lipinski definition) is 2. The van der Waals surface area contributed by atoms with E-state index in [0.29, 0.717) is 13.1 Å². The standard InChI is InChI=1S/C9H17N3O/c1-2-10-9(13)7-12-8-5-3-4-6-11-8/h2-7H2,1H3,(H,10,13)(H,11,12). The Hall–Kier alpha value is -1.06. The van der Waals surface area contributed by atoms with Gasteiger partial charge < -0.3 is 10.6 Å². The third kappa shape index (κ3) is 3.92. The molecule has 0 radical (unpaired) electrons. The third-order valence-electron chi connectivity index (χ3n) is 1.95. The zero-order chi connectivity index (χ0) is 9.52. The highest BCUT2D eigenvalue weighted by Crippen LogP contribution is 2.03. The molecular formula is C9H17N3O. The van der Waals surface area contributed by atoms with Crippen LogP contribution in [0.2, 0.25) is 0 Å². The number of carbonyl (C=O) groups is 1. The molecule has 0 saturated heterocycles. The molecule has 4 nitrogen and oxygen atoms in total. The number of carbonyl (C=O) groups excluding carboxylic acids is 1. The third-order valence-corrected chi connectivity index (χ3v) is 1.95. The van der Waals surface area contributed by atoms with Crippen LogP contribution in [0, 0.1) is 0 Å². The molecule has 1 aliphatic rings. The van der Waals surface area contributed by atoms with E-state index in [1.807, 2.05) is 6.92 Å². The Balaban J connectivity index is 2.17. The SMILES string of the molecule is CCNC(=O)CNC1=NCCCC1. The summed E-state index contributed by atoms with van der Waals surface area (Å²) in [5, 5.41) is 5.77. The predicted octanol–water partition coefficient (Wildman–Crippen LogP) is 0.294. The Morgan fingerprint density at radius 1 is 1.54 bits per heavy atom. The van der Waals surface area contributed by atoms with Crippen molar-refractivity contribution in [3.05, 3.63) is 0 Å². The van der Waals surface area contributed by atoms with Crippen LogP contribution >= 0.6 is 0 Å². The summed E-state index contributed by atoms with van der Waals surface area (Å²) in [5.74, 6) is 1.02. The summed E-state index contributed by atoms with van der Waals surface area (Å²) in [4.78, 5) is 15.3. The second kappa shape index (κ2) is 5.56. The zero-order valence-corrected chi connectivity index (χ0v) is 8.10.